The fourth-order valence-electron chi connectivity index (χ4n) is 1.87. The van der Waals surface area contributed by atoms with Gasteiger partial charge in [0, 0.05) is 5.75 Å². The first-order valence-corrected chi connectivity index (χ1v) is 7.85. The van der Waals surface area contributed by atoms with Gasteiger partial charge in [-0.2, -0.15) is 0 Å². The summed E-state index contributed by atoms with van der Waals surface area (Å²) in [6.07, 6.45) is 0. The number of aryl methyl sites for hydroxylation is 1. The lowest BCUT2D eigenvalue weighted by Gasteiger charge is -2.01. The first kappa shape index (κ1) is 13.3. The molecule has 20 heavy (non-hydrogen) atoms. The molecular formula is C14H11FN2OS2. The molecule has 0 unspecified atom stereocenters. The van der Waals surface area contributed by atoms with Gasteiger partial charge in [0.1, 0.15) is 10.6 Å². The first-order chi connectivity index (χ1) is 9.63. The number of nitrogens with one attached hydrogen (secondary N) is 1. The van der Waals surface area contributed by atoms with E-state index >= 15 is 0 Å². The standard InChI is InChI=1S/C14H11FN2OS2/c1-8-6-19-13-11(8)12(18)16-14(17-13)20-7-9-2-4-10(15)5-3-9/h2-6H,7H2,1H3,(H,16,17,18). The zero-order chi connectivity index (χ0) is 14.1. The van der Waals surface area contributed by atoms with Crippen LogP contribution in [0, 0.1) is 12.7 Å². The Morgan fingerprint density at radius 2 is 2.10 bits per heavy atom. The largest absolute Gasteiger partial charge is 0.301 e. The molecule has 2 heterocycles. The number of hydrogen-bond donors (Lipinski definition) is 1. The van der Waals surface area contributed by atoms with E-state index < -0.39 is 0 Å². The van der Waals surface area contributed by atoms with Gasteiger partial charge >= 0.3 is 0 Å². The van der Waals surface area contributed by atoms with E-state index in [1.54, 1.807) is 12.1 Å². The molecule has 3 nitrogen and oxygen atoms in total. The number of halogens is 1. The number of hydrogen-bond acceptors (Lipinski definition) is 4. The van der Waals surface area contributed by atoms with Crippen LogP contribution >= 0.6 is 23.1 Å². The van der Waals surface area contributed by atoms with Gasteiger partial charge in [-0.15, -0.1) is 11.3 Å². The highest BCUT2D eigenvalue weighted by Crippen LogP contribution is 2.24. The summed E-state index contributed by atoms with van der Waals surface area (Å²) in [5.41, 5.74) is 1.84. The van der Waals surface area contributed by atoms with Crippen molar-refractivity contribution in [2.24, 2.45) is 0 Å². The molecule has 0 atom stereocenters. The molecule has 0 saturated carbocycles. The normalized spacial score (nSPS) is 11.1. The highest BCUT2D eigenvalue weighted by Gasteiger charge is 2.08. The highest BCUT2D eigenvalue weighted by atomic mass is 32.2. The summed E-state index contributed by atoms with van der Waals surface area (Å²) in [5.74, 6) is 0.389. The smallest absolute Gasteiger partial charge is 0.260 e. The average molecular weight is 306 g/mol. The number of aromatic nitrogens is 2. The van der Waals surface area contributed by atoms with Crippen LogP contribution in [-0.4, -0.2) is 9.97 Å². The highest BCUT2D eigenvalue weighted by molar-refractivity contribution is 7.98. The number of benzene rings is 1. The van der Waals surface area contributed by atoms with Gasteiger partial charge in [-0.05, 0) is 35.6 Å². The minimum atomic E-state index is -0.249. The van der Waals surface area contributed by atoms with Gasteiger partial charge < -0.3 is 4.98 Å². The SMILES string of the molecule is Cc1csc2nc(SCc3ccc(F)cc3)[nH]c(=O)c12. The van der Waals surface area contributed by atoms with Crippen molar-refractivity contribution in [1.82, 2.24) is 9.97 Å². The summed E-state index contributed by atoms with van der Waals surface area (Å²) in [4.78, 5) is 20.0. The number of rotatable bonds is 3. The van der Waals surface area contributed by atoms with E-state index in [1.165, 1.54) is 35.2 Å². The van der Waals surface area contributed by atoms with Crippen LogP contribution in [0.2, 0.25) is 0 Å². The maximum absolute atomic E-state index is 12.8. The molecule has 3 rings (SSSR count). The lowest BCUT2D eigenvalue weighted by molar-refractivity contribution is 0.627. The summed E-state index contributed by atoms with van der Waals surface area (Å²) in [5, 5.41) is 3.19. The number of H-pyrrole nitrogens is 1. The molecule has 0 radical (unpaired) electrons. The van der Waals surface area contributed by atoms with Crippen molar-refractivity contribution in [1.29, 1.82) is 0 Å². The Kier molecular flexibility index (Phi) is 3.58. The van der Waals surface area contributed by atoms with Crippen molar-refractivity contribution in [2.75, 3.05) is 0 Å². The Labute approximate surface area is 122 Å². The topological polar surface area (TPSA) is 45.8 Å². The maximum atomic E-state index is 12.8. The van der Waals surface area contributed by atoms with E-state index in [0.717, 1.165) is 16.0 Å². The molecule has 1 N–H and O–H groups in total. The summed E-state index contributed by atoms with van der Waals surface area (Å²) < 4.78 is 12.8. The van der Waals surface area contributed by atoms with Crippen LogP contribution in [0.15, 0.2) is 39.6 Å². The zero-order valence-corrected chi connectivity index (χ0v) is 12.3. The summed E-state index contributed by atoms with van der Waals surface area (Å²) in [6.45, 7) is 1.90. The fraction of sp³-hybridized carbons (Fsp3) is 0.143. The Hall–Kier alpha value is -1.66. The van der Waals surface area contributed by atoms with Gasteiger partial charge in [-0.3, -0.25) is 4.79 Å². The minimum absolute atomic E-state index is 0.102. The first-order valence-electron chi connectivity index (χ1n) is 5.99. The van der Waals surface area contributed by atoms with Crippen molar-refractivity contribution in [2.45, 2.75) is 17.8 Å². The lowest BCUT2D eigenvalue weighted by Crippen LogP contribution is -2.08. The second-order valence-electron chi connectivity index (χ2n) is 4.39. The molecule has 0 saturated heterocycles. The molecule has 0 bridgehead atoms. The Morgan fingerprint density at radius 1 is 1.35 bits per heavy atom. The third-order valence-corrected chi connectivity index (χ3v) is 4.83. The zero-order valence-electron chi connectivity index (χ0n) is 10.6. The van der Waals surface area contributed by atoms with E-state index in [-0.39, 0.29) is 11.4 Å². The van der Waals surface area contributed by atoms with Crippen LogP contribution in [0.4, 0.5) is 4.39 Å². The second kappa shape index (κ2) is 5.38. The molecule has 0 spiro atoms. The molecule has 0 fully saturated rings. The number of fused-ring (bicyclic) bond motifs is 1. The molecule has 0 amide bonds. The van der Waals surface area contributed by atoms with Gasteiger partial charge in [-0.1, -0.05) is 23.9 Å². The van der Waals surface area contributed by atoms with Crippen molar-refractivity contribution < 1.29 is 4.39 Å². The lowest BCUT2D eigenvalue weighted by atomic mass is 10.2. The van der Waals surface area contributed by atoms with Crippen LogP contribution in [-0.2, 0) is 5.75 Å². The number of thiophene rings is 1. The van der Waals surface area contributed by atoms with Crippen LogP contribution < -0.4 is 5.56 Å². The quantitative estimate of drug-likeness (QED) is 0.592. The van der Waals surface area contributed by atoms with Gasteiger partial charge in [0.05, 0.1) is 5.39 Å². The van der Waals surface area contributed by atoms with E-state index in [2.05, 4.69) is 9.97 Å². The Bertz CT molecular complexity index is 808. The van der Waals surface area contributed by atoms with Crippen LogP contribution in [0.5, 0.6) is 0 Å². The molecule has 102 valence electrons. The maximum Gasteiger partial charge on any atom is 0.260 e. The molecular weight excluding hydrogens is 295 g/mol. The van der Waals surface area contributed by atoms with Crippen LogP contribution in [0.25, 0.3) is 10.2 Å². The molecule has 0 aliphatic carbocycles. The molecule has 0 aliphatic heterocycles. The van der Waals surface area contributed by atoms with Crippen molar-refractivity contribution in [3.8, 4) is 0 Å². The number of aromatic amines is 1. The Morgan fingerprint density at radius 3 is 2.85 bits per heavy atom. The predicted molar refractivity (Wildman–Crippen MR) is 80.9 cm³/mol. The van der Waals surface area contributed by atoms with Crippen molar-refractivity contribution in [3.05, 3.63) is 56.9 Å². The second-order valence-corrected chi connectivity index (χ2v) is 6.21. The molecule has 0 aliphatic rings. The monoisotopic (exact) mass is 306 g/mol. The molecule has 6 heteroatoms. The van der Waals surface area contributed by atoms with Crippen LogP contribution in [0.1, 0.15) is 11.1 Å². The fourth-order valence-corrected chi connectivity index (χ4v) is 3.67. The predicted octanol–water partition coefficient (Wildman–Crippen LogP) is 3.72. The summed E-state index contributed by atoms with van der Waals surface area (Å²) in [7, 11) is 0. The third-order valence-electron chi connectivity index (χ3n) is 2.89. The van der Waals surface area contributed by atoms with Gasteiger partial charge in [0.2, 0.25) is 0 Å². The van der Waals surface area contributed by atoms with E-state index in [9.17, 15) is 9.18 Å². The minimum Gasteiger partial charge on any atom is -0.301 e. The van der Waals surface area contributed by atoms with Crippen molar-refractivity contribution >= 4 is 33.3 Å². The van der Waals surface area contributed by atoms with E-state index in [0.29, 0.717) is 16.3 Å². The van der Waals surface area contributed by atoms with Gasteiger partial charge in [-0.25, -0.2) is 9.37 Å². The summed E-state index contributed by atoms with van der Waals surface area (Å²) >= 11 is 2.91. The van der Waals surface area contributed by atoms with E-state index in [4.69, 9.17) is 0 Å². The van der Waals surface area contributed by atoms with Crippen molar-refractivity contribution in [3.63, 3.8) is 0 Å². The molecule has 3 aromatic rings. The number of nitrogens with zero attached hydrogens (tertiary/aromatic N) is 1. The van der Waals surface area contributed by atoms with Gasteiger partial charge in [0.15, 0.2) is 5.16 Å². The van der Waals surface area contributed by atoms with E-state index in [1.807, 2.05) is 12.3 Å². The summed E-state index contributed by atoms with van der Waals surface area (Å²) in [6, 6.07) is 6.32. The third kappa shape index (κ3) is 2.62. The van der Waals surface area contributed by atoms with Crippen LogP contribution in [0.3, 0.4) is 0 Å². The molecule has 2 aromatic heterocycles. The number of thioether (sulfide) groups is 1. The average Bonchev–Trinajstić information content (AvgIpc) is 2.80. The van der Waals surface area contributed by atoms with Gasteiger partial charge in [0.25, 0.3) is 5.56 Å². The Balaban J connectivity index is 1.84. The molecule has 1 aromatic carbocycles.